The van der Waals surface area contributed by atoms with Crippen molar-refractivity contribution in [2.75, 3.05) is 6.54 Å². The third-order valence-electron chi connectivity index (χ3n) is 4.15. The van der Waals surface area contributed by atoms with E-state index in [1.807, 2.05) is 13.8 Å². The van der Waals surface area contributed by atoms with Crippen LogP contribution in [0.3, 0.4) is 0 Å². The lowest BCUT2D eigenvalue weighted by Crippen LogP contribution is -2.39. The van der Waals surface area contributed by atoms with Crippen LogP contribution in [0.5, 0.6) is 0 Å². The highest BCUT2D eigenvalue weighted by Gasteiger charge is 2.34. The molecule has 3 nitrogen and oxygen atoms in total. The van der Waals surface area contributed by atoms with Gasteiger partial charge < -0.3 is 9.84 Å². The molecule has 1 N–H and O–H groups in total. The van der Waals surface area contributed by atoms with Gasteiger partial charge in [0.15, 0.2) is 0 Å². The van der Waals surface area contributed by atoms with Crippen LogP contribution in [0.4, 0.5) is 0 Å². The molecule has 1 aliphatic carbocycles. The molecule has 90 valence electrons. The van der Waals surface area contributed by atoms with Crippen LogP contribution < -0.4 is 5.32 Å². The summed E-state index contributed by atoms with van der Waals surface area (Å²) < 4.78 is 5.15. The van der Waals surface area contributed by atoms with E-state index in [0.29, 0.717) is 5.41 Å². The van der Waals surface area contributed by atoms with Gasteiger partial charge in [0.2, 0.25) is 0 Å². The average molecular weight is 222 g/mol. The zero-order valence-corrected chi connectivity index (χ0v) is 10.6. The van der Waals surface area contributed by atoms with Crippen LogP contribution in [0, 0.1) is 19.3 Å². The molecule has 1 saturated carbocycles. The van der Waals surface area contributed by atoms with Crippen molar-refractivity contribution in [2.45, 2.75) is 53.0 Å². The van der Waals surface area contributed by atoms with Crippen molar-refractivity contribution in [3.63, 3.8) is 0 Å². The van der Waals surface area contributed by atoms with Crippen molar-refractivity contribution in [3.8, 4) is 0 Å². The summed E-state index contributed by atoms with van der Waals surface area (Å²) in [5, 5.41) is 7.53. The Bertz CT molecular complexity index is 328. The second-order valence-corrected chi connectivity index (χ2v) is 5.11. The minimum absolute atomic E-state index is 0.582. The molecular weight excluding hydrogens is 200 g/mol. The predicted molar refractivity (Wildman–Crippen MR) is 64.3 cm³/mol. The zero-order valence-electron chi connectivity index (χ0n) is 10.6. The normalized spacial score (nSPS) is 18.4. The van der Waals surface area contributed by atoms with Crippen molar-refractivity contribution in [3.05, 3.63) is 17.0 Å². The summed E-state index contributed by atoms with van der Waals surface area (Å²) in [5.41, 5.74) is 2.83. The number of hydrogen-bond donors (Lipinski definition) is 1. The topological polar surface area (TPSA) is 38.1 Å². The summed E-state index contributed by atoms with van der Waals surface area (Å²) >= 11 is 0. The lowest BCUT2D eigenvalue weighted by atomic mass is 9.67. The molecule has 2 rings (SSSR count). The smallest absolute Gasteiger partial charge is 0.138 e. The molecule has 1 heterocycles. The molecular formula is C13H22N2O. The minimum Gasteiger partial charge on any atom is -0.361 e. The number of nitrogens with one attached hydrogen (secondary N) is 1. The fourth-order valence-electron chi connectivity index (χ4n) is 2.54. The van der Waals surface area contributed by atoms with Gasteiger partial charge in [0.1, 0.15) is 5.76 Å². The van der Waals surface area contributed by atoms with Crippen molar-refractivity contribution in [1.82, 2.24) is 10.5 Å². The molecule has 0 bridgehead atoms. The van der Waals surface area contributed by atoms with Crippen LogP contribution in [0.25, 0.3) is 0 Å². The van der Waals surface area contributed by atoms with Gasteiger partial charge in [-0.3, -0.25) is 0 Å². The number of nitrogens with zero attached hydrogens (tertiary/aromatic N) is 1. The highest BCUT2D eigenvalue weighted by atomic mass is 16.5. The minimum atomic E-state index is 0.582. The molecule has 1 aromatic rings. The first kappa shape index (κ1) is 11.6. The molecule has 1 fully saturated rings. The third-order valence-corrected chi connectivity index (χ3v) is 4.15. The standard InChI is InChI=1S/C13H22N2O/c1-4-13(6-5-7-13)9-14-8-12-10(2)15-16-11(12)3/h14H,4-9H2,1-3H3. The van der Waals surface area contributed by atoms with Crippen molar-refractivity contribution in [2.24, 2.45) is 5.41 Å². The molecule has 16 heavy (non-hydrogen) atoms. The summed E-state index contributed by atoms with van der Waals surface area (Å²) in [5.74, 6) is 0.948. The van der Waals surface area contributed by atoms with E-state index in [9.17, 15) is 0 Å². The van der Waals surface area contributed by atoms with Gasteiger partial charge in [-0.2, -0.15) is 0 Å². The molecule has 0 saturated heterocycles. The summed E-state index contributed by atoms with van der Waals surface area (Å²) in [6, 6.07) is 0. The van der Waals surface area contributed by atoms with E-state index in [1.54, 1.807) is 0 Å². The van der Waals surface area contributed by atoms with Crippen molar-refractivity contribution >= 4 is 0 Å². The maximum atomic E-state index is 5.15. The molecule has 0 amide bonds. The van der Waals surface area contributed by atoms with Crippen LogP contribution in [-0.2, 0) is 6.54 Å². The monoisotopic (exact) mass is 222 g/mol. The van der Waals surface area contributed by atoms with E-state index in [2.05, 4.69) is 17.4 Å². The lowest BCUT2D eigenvalue weighted by molar-refractivity contribution is 0.123. The Morgan fingerprint density at radius 3 is 2.56 bits per heavy atom. The number of aryl methyl sites for hydroxylation is 2. The highest BCUT2D eigenvalue weighted by molar-refractivity contribution is 5.20. The van der Waals surface area contributed by atoms with Crippen LogP contribution >= 0.6 is 0 Å². The molecule has 0 spiro atoms. The average Bonchev–Trinajstić information content (AvgIpc) is 2.53. The Morgan fingerprint density at radius 1 is 1.38 bits per heavy atom. The maximum absolute atomic E-state index is 5.15. The van der Waals surface area contributed by atoms with Gasteiger partial charge in [-0.15, -0.1) is 0 Å². The maximum Gasteiger partial charge on any atom is 0.138 e. The van der Waals surface area contributed by atoms with Gasteiger partial charge in [0.05, 0.1) is 5.69 Å². The second kappa shape index (κ2) is 4.58. The van der Waals surface area contributed by atoms with Gasteiger partial charge in [0, 0.05) is 18.7 Å². The number of rotatable bonds is 5. The fraction of sp³-hybridized carbons (Fsp3) is 0.769. The van der Waals surface area contributed by atoms with E-state index in [-0.39, 0.29) is 0 Å². The number of aromatic nitrogens is 1. The molecule has 1 aromatic heterocycles. The van der Waals surface area contributed by atoms with Gasteiger partial charge in [-0.25, -0.2) is 0 Å². The largest absolute Gasteiger partial charge is 0.361 e. The summed E-state index contributed by atoms with van der Waals surface area (Å²) in [6.45, 7) is 8.32. The Morgan fingerprint density at radius 2 is 2.12 bits per heavy atom. The zero-order chi connectivity index (χ0) is 11.6. The first-order chi connectivity index (χ1) is 7.67. The van der Waals surface area contributed by atoms with Crippen LogP contribution in [0.2, 0.25) is 0 Å². The van der Waals surface area contributed by atoms with Crippen molar-refractivity contribution in [1.29, 1.82) is 0 Å². The summed E-state index contributed by atoms with van der Waals surface area (Å²) in [6.07, 6.45) is 5.47. The Hall–Kier alpha value is -0.830. The Kier molecular flexibility index (Phi) is 3.33. The van der Waals surface area contributed by atoms with Gasteiger partial charge >= 0.3 is 0 Å². The first-order valence-corrected chi connectivity index (χ1v) is 6.29. The predicted octanol–water partition coefficient (Wildman–Crippen LogP) is 2.96. The van der Waals surface area contributed by atoms with E-state index in [0.717, 1.165) is 24.5 Å². The van der Waals surface area contributed by atoms with Gasteiger partial charge in [0.25, 0.3) is 0 Å². The fourth-order valence-corrected chi connectivity index (χ4v) is 2.54. The second-order valence-electron chi connectivity index (χ2n) is 5.11. The summed E-state index contributed by atoms with van der Waals surface area (Å²) in [7, 11) is 0. The molecule has 0 radical (unpaired) electrons. The SMILES string of the molecule is CCC1(CNCc2c(C)noc2C)CCC1. The van der Waals surface area contributed by atoms with Gasteiger partial charge in [-0.05, 0) is 38.5 Å². The molecule has 0 atom stereocenters. The van der Waals surface area contributed by atoms with Crippen LogP contribution in [0.15, 0.2) is 4.52 Å². The lowest BCUT2D eigenvalue weighted by Gasteiger charge is -2.41. The Balaban J connectivity index is 1.84. The van der Waals surface area contributed by atoms with E-state index in [1.165, 1.54) is 31.2 Å². The van der Waals surface area contributed by atoms with Crippen LogP contribution in [-0.4, -0.2) is 11.7 Å². The molecule has 3 heteroatoms. The molecule has 1 aliphatic rings. The number of hydrogen-bond acceptors (Lipinski definition) is 3. The first-order valence-electron chi connectivity index (χ1n) is 6.29. The van der Waals surface area contributed by atoms with Crippen molar-refractivity contribution < 1.29 is 4.52 Å². The summed E-state index contributed by atoms with van der Waals surface area (Å²) in [4.78, 5) is 0. The van der Waals surface area contributed by atoms with E-state index < -0.39 is 0 Å². The van der Waals surface area contributed by atoms with E-state index >= 15 is 0 Å². The third kappa shape index (κ3) is 2.14. The molecule has 0 aliphatic heterocycles. The Labute approximate surface area is 97.6 Å². The molecule has 0 unspecified atom stereocenters. The quantitative estimate of drug-likeness (QED) is 0.832. The molecule has 0 aromatic carbocycles. The van der Waals surface area contributed by atoms with Gasteiger partial charge in [-0.1, -0.05) is 18.5 Å². The van der Waals surface area contributed by atoms with Crippen LogP contribution in [0.1, 0.15) is 49.6 Å². The highest BCUT2D eigenvalue weighted by Crippen LogP contribution is 2.43. The van der Waals surface area contributed by atoms with E-state index in [4.69, 9.17) is 4.52 Å².